The summed E-state index contributed by atoms with van der Waals surface area (Å²) in [6.45, 7) is 2.08. The molecule has 0 radical (unpaired) electrons. The molecular formula is C14H20N4O3. The maximum atomic E-state index is 11.9. The fraction of sp³-hybridized carbons (Fsp3) is 0.500. The zero-order chi connectivity index (χ0) is 15.2. The van der Waals surface area contributed by atoms with Crippen LogP contribution in [0.2, 0.25) is 0 Å². The molecule has 114 valence electrons. The maximum Gasteiger partial charge on any atom is 0.269 e. The minimum absolute atomic E-state index is 0.0705. The van der Waals surface area contributed by atoms with E-state index in [1.54, 1.807) is 12.1 Å². The lowest BCUT2D eigenvalue weighted by Gasteiger charge is -2.15. The second-order valence-electron chi connectivity index (χ2n) is 5.22. The molecule has 1 saturated heterocycles. The third kappa shape index (κ3) is 4.42. The van der Waals surface area contributed by atoms with E-state index in [0.29, 0.717) is 19.5 Å². The van der Waals surface area contributed by atoms with Gasteiger partial charge in [0.2, 0.25) is 5.91 Å². The van der Waals surface area contributed by atoms with Gasteiger partial charge in [0, 0.05) is 49.9 Å². The Bertz CT molecular complexity index is 503. The van der Waals surface area contributed by atoms with Crippen molar-refractivity contribution in [2.75, 3.05) is 25.0 Å². The Morgan fingerprint density at radius 1 is 1.43 bits per heavy atom. The first-order valence-electron chi connectivity index (χ1n) is 7.08. The summed E-state index contributed by atoms with van der Waals surface area (Å²) in [5.74, 6) is 0.147. The molecule has 1 aliphatic heterocycles. The van der Waals surface area contributed by atoms with Crippen LogP contribution in [0.15, 0.2) is 24.3 Å². The third-order valence-electron chi connectivity index (χ3n) is 3.55. The van der Waals surface area contributed by atoms with E-state index in [1.165, 1.54) is 12.1 Å². The number of likely N-dealkylation sites (tertiary alicyclic amines) is 1. The van der Waals surface area contributed by atoms with Crippen LogP contribution in [0.5, 0.6) is 0 Å². The highest BCUT2D eigenvalue weighted by molar-refractivity contribution is 5.76. The van der Waals surface area contributed by atoms with Crippen molar-refractivity contribution >= 4 is 17.3 Å². The average Bonchev–Trinajstić information content (AvgIpc) is 2.90. The fourth-order valence-electron chi connectivity index (χ4n) is 2.35. The number of nitro groups is 1. The summed E-state index contributed by atoms with van der Waals surface area (Å²) in [5.41, 5.74) is 6.66. The Hall–Kier alpha value is -2.15. The molecule has 0 aromatic heterocycles. The minimum Gasteiger partial charge on any atom is -0.385 e. The standard InChI is InChI=1S/C14H20N4O3/c15-11-7-9-17(10-11)14(19)2-1-8-16-12-3-5-13(6-4-12)18(20)21/h3-6,11,16H,1-2,7-10,15H2/t11-/m1/s1. The molecule has 1 amide bonds. The highest BCUT2D eigenvalue weighted by Crippen LogP contribution is 2.15. The number of rotatable bonds is 6. The monoisotopic (exact) mass is 292 g/mol. The summed E-state index contributed by atoms with van der Waals surface area (Å²) >= 11 is 0. The number of nitro benzene ring substituents is 1. The van der Waals surface area contributed by atoms with Gasteiger partial charge >= 0.3 is 0 Å². The number of carbonyl (C=O) groups is 1. The second kappa shape index (κ2) is 7.03. The van der Waals surface area contributed by atoms with Crippen LogP contribution in [0.1, 0.15) is 19.3 Å². The highest BCUT2D eigenvalue weighted by Gasteiger charge is 2.22. The second-order valence-corrected chi connectivity index (χ2v) is 5.22. The molecule has 21 heavy (non-hydrogen) atoms. The van der Waals surface area contributed by atoms with Crippen molar-refractivity contribution in [2.45, 2.75) is 25.3 Å². The molecule has 0 aliphatic carbocycles. The van der Waals surface area contributed by atoms with Crippen molar-refractivity contribution in [3.8, 4) is 0 Å². The minimum atomic E-state index is -0.427. The molecule has 2 rings (SSSR count). The Labute approximate surface area is 123 Å². The van der Waals surface area contributed by atoms with Crippen LogP contribution >= 0.6 is 0 Å². The number of non-ortho nitro benzene ring substituents is 1. The van der Waals surface area contributed by atoms with Gasteiger partial charge in [-0.15, -0.1) is 0 Å². The molecule has 1 fully saturated rings. The lowest BCUT2D eigenvalue weighted by atomic mass is 10.2. The molecule has 3 N–H and O–H groups in total. The summed E-state index contributed by atoms with van der Waals surface area (Å²) in [6.07, 6.45) is 2.10. The van der Waals surface area contributed by atoms with E-state index < -0.39 is 4.92 Å². The van der Waals surface area contributed by atoms with Crippen molar-refractivity contribution in [3.05, 3.63) is 34.4 Å². The largest absolute Gasteiger partial charge is 0.385 e. The molecule has 0 unspecified atom stereocenters. The number of nitrogens with one attached hydrogen (secondary N) is 1. The van der Waals surface area contributed by atoms with Crippen molar-refractivity contribution in [1.29, 1.82) is 0 Å². The fourth-order valence-corrected chi connectivity index (χ4v) is 2.35. The average molecular weight is 292 g/mol. The van der Waals surface area contributed by atoms with Gasteiger partial charge in [0.25, 0.3) is 5.69 Å². The quantitative estimate of drug-likeness (QED) is 0.468. The number of nitrogens with two attached hydrogens (primary N) is 1. The van der Waals surface area contributed by atoms with Crippen LogP contribution in [-0.2, 0) is 4.79 Å². The van der Waals surface area contributed by atoms with Gasteiger partial charge in [-0.1, -0.05) is 0 Å². The van der Waals surface area contributed by atoms with Gasteiger partial charge in [0.05, 0.1) is 4.92 Å². The van der Waals surface area contributed by atoms with Crippen molar-refractivity contribution in [3.63, 3.8) is 0 Å². The van der Waals surface area contributed by atoms with E-state index in [9.17, 15) is 14.9 Å². The van der Waals surface area contributed by atoms with Crippen LogP contribution in [-0.4, -0.2) is 41.4 Å². The first-order valence-corrected chi connectivity index (χ1v) is 7.08. The number of benzene rings is 1. The number of hydrogen-bond acceptors (Lipinski definition) is 5. The predicted octanol–water partition coefficient (Wildman–Crippen LogP) is 1.35. The van der Waals surface area contributed by atoms with Crippen LogP contribution in [0.25, 0.3) is 0 Å². The number of amides is 1. The topological polar surface area (TPSA) is 102 Å². The van der Waals surface area contributed by atoms with Crippen molar-refractivity contribution in [1.82, 2.24) is 4.90 Å². The first kappa shape index (κ1) is 15.2. The van der Waals surface area contributed by atoms with Gasteiger partial charge in [-0.05, 0) is 25.0 Å². The molecule has 0 saturated carbocycles. The molecule has 1 atom stereocenters. The zero-order valence-corrected chi connectivity index (χ0v) is 11.8. The normalized spacial score (nSPS) is 17.8. The van der Waals surface area contributed by atoms with Crippen LogP contribution in [0.4, 0.5) is 11.4 Å². The molecule has 1 aliphatic rings. The van der Waals surface area contributed by atoms with Crippen molar-refractivity contribution in [2.24, 2.45) is 5.73 Å². The molecule has 0 bridgehead atoms. The predicted molar refractivity (Wildman–Crippen MR) is 80.0 cm³/mol. The Balaban J connectivity index is 1.67. The number of nitrogens with zero attached hydrogens (tertiary/aromatic N) is 2. The van der Waals surface area contributed by atoms with E-state index in [0.717, 1.165) is 25.1 Å². The number of carbonyl (C=O) groups excluding carboxylic acids is 1. The molecular weight excluding hydrogens is 272 g/mol. The van der Waals surface area contributed by atoms with E-state index in [1.807, 2.05) is 4.90 Å². The Morgan fingerprint density at radius 3 is 2.71 bits per heavy atom. The lowest BCUT2D eigenvalue weighted by Crippen LogP contribution is -2.31. The van der Waals surface area contributed by atoms with E-state index in [4.69, 9.17) is 5.73 Å². The summed E-state index contributed by atoms with van der Waals surface area (Å²) < 4.78 is 0. The van der Waals surface area contributed by atoms with Gasteiger partial charge in [-0.3, -0.25) is 14.9 Å². The number of hydrogen-bond donors (Lipinski definition) is 2. The molecule has 7 heteroatoms. The Kier molecular flexibility index (Phi) is 5.10. The lowest BCUT2D eigenvalue weighted by molar-refractivity contribution is -0.384. The number of anilines is 1. The van der Waals surface area contributed by atoms with Crippen molar-refractivity contribution < 1.29 is 9.72 Å². The van der Waals surface area contributed by atoms with Gasteiger partial charge in [-0.25, -0.2) is 0 Å². The van der Waals surface area contributed by atoms with E-state index >= 15 is 0 Å². The summed E-state index contributed by atoms with van der Waals surface area (Å²) in [5, 5.41) is 13.7. The third-order valence-corrected chi connectivity index (χ3v) is 3.55. The van der Waals surface area contributed by atoms with Gasteiger partial charge in [-0.2, -0.15) is 0 Å². The first-order chi connectivity index (χ1) is 10.1. The molecule has 1 aromatic carbocycles. The molecule has 1 heterocycles. The van der Waals surface area contributed by atoms with E-state index in [-0.39, 0.29) is 17.6 Å². The van der Waals surface area contributed by atoms with Gasteiger partial charge < -0.3 is 16.0 Å². The molecule has 1 aromatic rings. The Morgan fingerprint density at radius 2 is 2.14 bits per heavy atom. The SMILES string of the molecule is N[C@@H]1CCN(C(=O)CCCNc2ccc([N+](=O)[O-])cc2)C1. The van der Waals surface area contributed by atoms with E-state index in [2.05, 4.69) is 5.32 Å². The zero-order valence-electron chi connectivity index (χ0n) is 11.8. The van der Waals surface area contributed by atoms with Gasteiger partial charge in [0.15, 0.2) is 0 Å². The van der Waals surface area contributed by atoms with Crippen LogP contribution < -0.4 is 11.1 Å². The highest BCUT2D eigenvalue weighted by atomic mass is 16.6. The summed E-state index contributed by atoms with van der Waals surface area (Å²) in [6, 6.07) is 6.36. The van der Waals surface area contributed by atoms with Gasteiger partial charge in [0.1, 0.15) is 0 Å². The smallest absolute Gasteiger partial charge is 0.269 e. The molecule has 7 nitrogen and oxygen atoms in total. The summed E-state index contributed by atoms with van der Waals surface area (Å²) in [4.78, 5) is 23.8. The maximum absolute atomic E-state index is 11.9. The molecule has 0 spiro atoms. The summed E-state index contributed by atoms with van der Waals surface area (Å²) in [7, 11) is 0. The van der Waals surface area contributed by atoms with Crippen LogP contribution in [0, 0.1) is 10.1 Å². The van der Waals surface area contributed by atoms with Crippen LogP contribution in [0.3, 0.4) is 0 Å².